The van der Waals surface area contributed by atoms with E-state index in [1.807, 2.05) is 36.4 Å². The molecule has 2 aromatic carbocycles. The fourth-order valence-corrected chi connectivity index (χ4v) is 4.57. The van der Waals surface area contributed by atoms with E-state index in [1.165, 1.54) is 29.6 Å². The fourth-order valence-electron chi connectivity index (χ4n) is 2.85. The Morgan fingerprint density at radius 2 is 1.87 bits per heavy atom. The molecule has 0 unspecified atom stereocenters. The lowest BCUT2D eigenvalue weighted by Crippen LogP contribution is -2.14. The predicted octanol–water partition coefficient (Wildman–Crippen LogP) is 4.50. The van der Waals surface area contributed by atoms with Crippen LogP contribution >= 0.6 is 23.3 Å². The second-order valence-electron chi connectivity index (χ2n) is 6.15. The summed E-state index contributed by atoms with van der Waals surface area (Å²) < 4.78 is 15.9. The van der Waals surface area contributed by atoms with Gasteiger partial charge in [-0.25, -0.2) is 9.97 Å². The molecule has 0 fully saturated rings. The van der Waals surface area contributed by atoms with Crippen LogP contribution in [0.5, 0.6) is 11.5 Å². The smallest absolute Gasteiger partial charge is 0.234 e. The topological polar surface area (TPSA) is 86.2 Å². The van der Waals surface area contributed by atoms with E-state index in [4.69, 9.17) is 9.47 Å². The molecule has 0 bridgehead atoms. The SMILES string of the molecule is COc1ccc(-c2nsc3c(SCC(=O)Nc4ccccc4OC)ncnc23)cc1. The van der Waals surface area contributed by atoms with Gasteiger partial charge in [-0.2, -0.15) is 4.37 Å². The maximum Gasteiger partial charge on any atom is 0.234 e. The summed E-state index contributed by atoms with van der Waals surface area (Å²) in [6.45, 7) is 0. The van der Waals surface area contributed by atoms with Crippen molar-refractivity contribution in [1.82, 2.24) is 14.3 Å². The highest BCUT2D eigenvalue weighted by molar-refractivity contribution is 8.00. The van der Waals surface area contributed by atoms with Gasteiger partial charge in [-0.1, -0.05) is 23.9 Å². The predicted molar refractivity (Wildman–Crippen MR) is 120 cm³/mol. The van der Waals surface area contributed by atoms with Crippen LogP contribution in [0.4, 0.5) is 5.69 Å². The summed E-state index contributed by atoms with van der Waals surface area (Å²) in [5.41, 5.74) is 3.15. The number of para-hydroxylation sites is 2. The summed E-state index contributed by atoms with van der Waals surface area (Å²) in [6.07, 6.45) is 1.50. The summed E-state index contributed by atoms with van der Waals surface area (Å²) in [6, 6.07) is 15.0. The largest absolute Gasteiger partial charge is 0.497 e. The molecule has 4 rings (SSSR count). The Bertz CT molecular complexity index is 1180. The van der Waals surface area contributed by atoms with Crippen LogP contribution in [0.1, 0.15) is 0 Å². The molecule has 1 amide bonds. The van der Waals surface area contributed by atoms with Crippen molar-refractivity contribution in [2.45, 2.75) is 5.03 Å². The second kappa shape index (κ2) is 9.10. The number of anilines is 1. The number of rotatable bonds is 7. The van der Waals surface area contributed by atoms with E-state index in [9.17, 15) is 4.79 Å². The summed E-state index contributed by atoms with van der Waals surface area (Å²) in [5.74, 6) is 1.47. The van der Waals surface area contributed by atoms with Gasteiger partial charge in [0.1, 0.15) is 38.8 Å². The van der Waals surface area contributed by atoms with E-state index in [1.54, 1.807) is 26.4 Å². The minimum absolute atomic E-state index is 0.142. The first-order valence-electron chi connectivity index (χ1n) is 9.00. The number of carbonyl (C=O) groups excluding carboxylic acids is 1. The Kier molecular flexibility index (Phi) is 6.10. The Morgan fingerprint density at radius 1 is 1.07 bits per heavy atom. The molecule has 0 atom stereocenters. The summed E-state index contributed by atoms with van der Waals surface area (Å²) >= 11 is 2.68. The van der Waals surface area contributed by atoms with Crippen LogP contribution in [-0.2, 0) is 4.79 Å². The quantitative estimate of drug-likeness (QED) is 0.336. The van der Waals surface area contributed by atoms with Gasteiger partial charge < -0.3 is 14.8 Å². The molecule has 0 aliphatic rings. The van der Waals surface area contributed by atoms with E-state index < -0.39 is 0 Å². The van der Waals surface area contributed by atoms with Gasteiger partial charge in [0.2, 0.25) is 5.91 Å². The number of ether oxygens (including phenoxy) is 2. The third kappa shape index (κ3) is 4.22. The number of methoxy groups -OCH3 is 2. The van der Waals surface area contributed by atoms with Crippen molar-refractivity contribution in [1.29, 1.82) is 0 Å². The number of nitrogens with one attached hydrogen (secondary N) is 1. The Morgan fingerprint density at radius 3 is 2.63 bits per heavy atom. The zero-order valence-corrected chi connectivity index (χ0v) is 17.9. The first-order valence-corrected chi connectivity index (χ1v) is 10.8. The normalized spacial score (nSPS) is 10.7. The molecule has 7 nitrogen and oxygen atoms in total. The van der Waals surface area contributed by atoms with E-state index >= 15 is 0 Å². The van der Waals surface area contributed by atoms with Crippen LogP contribution in [0.25, 0.3) is 21.5 Å². The highest BCUT2D eigenvalue weighted by Crippen LogP contribution is 2.35. The molecule has 1 N–H and O–H groups in total. The molecule has 152 valence electrons. The zero-order chi connectivity index (χ0) is 20.9. The van der Waals surface area contributed by atoms with Crippen molar-refractivity contribution >= 4 is 45.1 Å². The van der Waals surface area contributed by atoms with Crippen molar-refractivity contribution in [3.05, 3.63) is 54.9 Å². The van der Waals surface area contributed by atoms with Crippen LogP contribution in [-0.4, -0.2) is 40.2 Å². The molecule has 4 aromatic rings. The van der Waals surface area contributed by atoms with E-state index in [0.29, 0.717) is 11.4 Å². The zero-order valence-electron chi connectivity index (χ0n) is 16.3. The van der Waals surface area contributed by atoms with Crippen LogP contribution in [0.2, 0.25) is 0 Å². The molecule has 30 heavy (non-hydrogen) atoms. The third-order valence-electron chi connectivity index (χ3n) is 4.31. The third-order valence-corrected chi connectivity index (χ3v) is 6.27. The Hall–Kier alpha value is -3.17. The number of nitrogens with zero attached hydrogens (tertiary/aromatic N) is 3. The molecule has 2 aromatic heterocycles. The maximum atomic E-state index is 12.4. The lowest BCUT2D eigenvalue weighted by Gasteiger charge is -2.09. The number of hydrogen-bond donors (Lipinski definition) is 1. The summed E-state index contributed by atoms with van der Waals surface area (Å²) in [4.78, 5) is 21.2. The lowest BCUT2D eigenvalue weighted by atomic mass is 10.1. The molecule has 2 heterocycles. The maximum absolute atomic E-state index is 12.4. The fraction of sp³-hybridized carbons (Fsp3) is 0.143. The first-order chi connectivity index (χ1) is 14.7. The molecule has 0 aliphatic carbocycles. The van der Waals surface area contributed by atoms with Crippen LogP contribution in [0, 0.1) is 0 Å². The number of thioether (sulfide) groups is 1. The van der Waals surface area contributed by atoms with E-state index in [2.05, 4.69) is 19.7 Å². The van der Waals surface area contributed by atoms with Gasteiger partial charge in [0.05, 0.1) is 25.7 Å². The van der Waals surface area contributed by atoms with Gasteiger partial charge in [0, 0.05) is 5.56 Å². The molecule has 0 saturated heterocycles. The number of benzene rings is 2. The Balaban J connectivity index is 1.51. The van der Waals surface area contributed by atoms with E-state index in [0.717, 1.165) is 32.2 Å². The summed E-state index contributed by atoms with van der Waals surface area (Å²) in [7, 11) is 3.20. The van der Waals surface area contributed by atoms with Gasteiger partial charge >= 0.3 is 0 Å². The first kappa shape index (κ1) is 20.1. The monoisotopic (exact) mass is 438 g/mol. The molecule has 9 heteroatoms. The standard InChI is InChI=1S/C21H18N4O3S2/c1-27-14-9-7-13(8-10-14)18-19-20(30-25-18)21(23-12-22-19)29-11-17(26)24-15-5-3-4-6-16(15)28-2/h3-10,12H,11H2,1-2H3,(H,24,26). The molecule has 0 spiro atoms. The number of aromatic nitrogens is 3. The summed E-state index contributed by atoms with van der Waals surface area (Å²) in [5, 5.41) is 3.60. The number of carbonyl (C=O) groups is 1. The highest BCUT2D eigenvalue weighted by Gasteiger charge is 2.16. The highest BCUT2D eigenvalue weighted by atomic mass is 32.2. The van der Waals surface area contributed by atoms with Gasteiger partial charge in [0.15, 0.2) is 0 Å². The van der Waals surface area contributed by atoms with Gasteiger partial charge in [-0.05, 0) is 47.9 Å². The van der Waals surface area contributed by atoms with Gasteiger partial charge in [0.25, 0.3) is 0 Å². The van der Waals surface area contributed by atoms with Crippen LogP contribution in [0.15, 0.2) is 59.9 Å². The van der Waals surface area contributed by atoms with Crippen molar-refractivity contribution in [3.8, 4) is 22.8 Å². The molecule has 0 saturated carbocycles. The lowest BCUT2D eigenvalue weighted by molar-refractivity contribution is -0.113. The number of amides is 1. The van der Waals surface area contributed by atoms with Gasteiger partial charge in [-0.15, -0.1) is 0 Å². The van der Waals surface area contributed by atoms with Crippen molar-refractivity contribution in [3.63, 3.8) is 0 Å². The Labute approximate surface area is 181 Å². The number of hydrogen-bond acceptors (Lipinski definition) is 8. The van der Waals surface area contributed by atoms with Gasteiger partial charge in [-0.3, -0.25) is 4.79 Å². The van der Waals surface area contributed by atoms with Crippen LogP contribution in [0.3, 0.4) is 0 Å². The van der Waals surface area contributed by atoms with Crippen LogP contribution < -0.4 is 14.8 Å². The van der Waals surface area contributed by atoms with Crippen molar-refractivity contribution in [2.24, 2.45) is 0 Å². The molecular weight excluding hydrogens is 420 g/mol. The van der Waals surface area contributed by atoms with Crippen molar-refractivity contribution < 1.29 is 14.3 Å². The molecule has 0 aliphatic heterocycles. The molecular formula is C21H18N4O3S2. The number of fused-ring (bicyclic) bond motifs is 1. The molecule has 0 radical (unpaired) electrons. The second-order valence-corrected chi connectivity index (χ2v) is 7.89. The average Bonchev–Trinajstić information content (AvgIpc) is 3.23. The average molecular weight is 439 g/mol. The minimum atomic E-state index is -0.142. The van der Waals surface area contributed by atoms with E-state index in [-0.39, 0.29) is 11.7 Å². The minimum Gasteiger partial charge on any atom is -0.497 e. The van der Waals surface area contributed by atoms with Crippen molar-refractivity contribution in [2.75, 3.05) is 25.3 Å².